The van der Waals surface area contributed by atoms with E-state index in [1.54, 1.807) is 6.07 Å². The summed E-state index contributed by atoms with van der Waals surface area (Å²) in [7, 11) is 0. The zero-order valence-electron chi connectivity index (χ0n) is 10.9. The number of halogens is 1. The molecule has 0 bridgehead atoms. The predicted octanol–water partition coefficient (Wildman–Crippen LogP) is 3.89. The van der Waals surface area contributed by atoms with Crippen LogP contribution < -0.4 is 4.74 Å². The molecule has 0 aliphatic rings. The number of nitrogens with zero attached hydrogens (tertiary/aromatic N) is 1. The van der Waals surface area contributed by atoms with Gasteiger partial charge in [0, 0.05) is 0 Å². The Labute approximate surface area is 112 Å². The van der Waals surface area contributed by atoms with Crippen molar-refractivity contribution >= 4 is 0 Å². The lowest BCUT2D eigenvalue weighted by Crippen LogP contribution is -1.99. The Kier molecular flexibility index (Phi) is 3.82. The Balaban J connectivity index is 2.19. The lowest BCUT2D eigenvalue weighted by Gasteiger charge is -2.09. The minimum Gasteiger partial charge on any atom is -0.487 e. The summed E-state index contributed by atoms with van der Waals surface area (Å²) in [5, 5.41) is 8.91. The van der Waals surface area contributed by atoms with Gasteiger partial charge in [-0.15, -0.1) is 0 Å². The van der Waals surface area contributed by atoms with Crippen molar-refractivity contribution in [1.29, 1.82) is 5.26 Å². The molecule has 0 aliphatic heterocycles. The monoisotopic (exact) mass is 255 g/mol. The van der Waals surface area contributed by atoms with E-state index in [2.05, 4.69) is 6.07 Å². The molecule has 0 saturated carbocycles. The Morgan fingerprint density at radius 1 is 1.16 bits per heavy atom. The van der Waals surface area contributed by atoms with Crippen LogP contribution in [0.15, 0.2) is 36.4 Å². The van der Waals surface area contributed by atoms with Crippen molar-refractivity contribution in [3.05, 3.63) is 64.5 Å². The molecule has 0 unspecified atom stereocenters. The maximum absolute atomic E-state index is 13.4. The zero-order valence-corrected chi connectivity index (χ0v) is 10.9. The molecule has 0 N–H and O–H groups in total. The summed E-state index contributed by atoms with van der Waals surface area (Å²) in [4.78, 5) is 0. The number of hydrogen-bond acceptors (Lipinski definition) is 2. The molecule has 0 aromatic heterocycles. The van der Waals surface area contributed by atoms with Gasteiger partial charge in [-0.05, 0) is 31.5 Å². The van der Waals surface area contributed by atoms with E-state index in [0.29, 0.717) is 6.61 Å². The van der Waals surface area contributed by atoms with Gasteiger partial charge in [0.2, 0.25) is 0 Å². The molecule has 0 saturated heterocycles. The average molecular weight is 255 g/mol. The molecule has 0 spiro atoms. The first-order valence-corrected chi connectivity index (χ1v) is 5.99. The SMILES string of the molecule is Cc1cc(C)cc(COc2cccc(F)c2C#N)c1. The molecule has 19 heavy (non-hydrogen) atoms. The third kappa shape index (κ3) is 3.11. The van der Waals surface area contributed by atoms with Crippen LogP contribution >= 0.6 is 0 Å². The number of benzene rings is 2. The summed E-state index contributed by atoms with van der Waals surface area (Å²) >= 11 is 0. The molecule has 96 valence electrons. The molecule has 2 aromatic rings. The second kappa shape index (κ2) is 5.53. The molecule has 3 heteroatoms. The second-order valence-electron chi connectivity index (χ2n) is 4.51. The number of rotatable bonds is 3. The van der Waals surface area contributed by atoms with E-state index in [4.69, 9.17) is 10.00 Å². The quantitative estimate of drug-likeness (QED) is 0.833. The maximum atomic E-state index is 13.4. The van der Waals surface area contributed by atoms with Gasteiger partial charge in [-0.3, -0.25) is 0 Å². The fourth-order valence-electron chi connectivity index (χ4n) is 2.05. The Hall–Kier alpha value is -2.34. The van der Waals surface area contributed by atoms with Gasteiger partial charge in [0.05, 0.1) is 0 Å². The van der Waals surface area contributed by atoms with Gasteiger partial charge in [0.15, 0.2) is 0 Å². The highest BCUT2D eigenvalue weighted by Crippen LogP contribution is 2.21. The van der Waals surface area contributed by atoms with Gasteiger partial charge >= 0.3 is 0 Å². The number of ether oxygens (including phenoxy) is 1. The first-order valence-electron chi connectivity index (χ1n) is 5.99. The summed E-state index contributed by atoms with van der Waals surface area (Å²) in [5.41, 5.74) is 3.26. The first-order chi connectivity index (χ1) is 9.10. The minimum absolute atomic E-state index is 0.0492. The van der Waals surface area contributed by atoms with Crippen LogP contribution in [0.3, 0.4) is 0 Å². The van der Waals surface area contributed by atoms with Crippen molar-refractivity contribution in [1.82, 2.24) is 0 Å². The topological polar surface area (TPSA) is 33.0 Å². The van der Waals surface area contributed by atoms with E-state index in [9.17, 15) is 4.39 Å². The first kappa shape index (κ1) is 13.1. The Morgan fingerprint density at radius 2 is 1.84 bits per heavy atom. The molecule has 2 nitrogen and oxygen atoms in total. The fraction of sp³-hybridized carbons (Fsp3) is 0.188. The lowest BCUT2D eigenvalue weighted by atomic mass is 10.1. The summed E-state index contributed by atoms with van der Waals surface area (Å²) in [6.07, 6.45) is 0. The summed E-state index contributed by atoms with van der Waals surface area (Å²) < 4.78 is 18.9. The molecule has 0 radical (unpaired) electrons. The lowest BCUT2D eigenvalue weighted by molar-refractivity contribution is 0.303. The predicted molar refractivity (Wildman–Crippen MR) is 71.4 cm³/mol. The standard InChI is InChI=1S/C16H14FNO/c1-11-6-12(2)8-13(7-11)10-19-16-5-3-4-15(17)14(16)9-18/h3-8H,10H2,1-2H3. The van der Waals surface area contributed by atoms with Crippen LogP contribution in [-0.4, -0.2) is 0 Å². The van der Waals surface area contributed by atoms with Crippen molar-refractivity contribution in [2.45, 2.75) is 20.5 Å². The molecule has 0 amide bonds. The maximum Gasteiger partial charge on any atom is 0.144 e. The third-order valence-corrected chi connectivity index (χ3v) is 2.76. The molecule has 0 fully saturated rings. The smallest absolute Gasteiger partial charge is 0.144 e. The van der Waals surface area contributed by atoms with E-state index >= 15 is 0 Å². The number of hydrogen-bond donors (Lipinski definition) is 0. The van der Waals surface area contributed by atoms with Crippen LogP contribution in [-0.2, 0) is 6.61 Å². The van der Waals surface area contributed by atoms with Crippen molar-refractivity contribution < 1.29 is 9.13 Å². The average Bonchev–Trinajstić information content (AvgIpc) is 2.35. The van der Waals surface area contributed by atoms with Crippen molar-refractivity contribution in [3.63, 3.8) is 0 Å². The van der Waals surface area contributed by atoms with Crippen molar-refractivity contribution in [3.8, 4) is 11.8 Å². The molecular formula is C16H14FNO. The zero-order chi connectivity index (χ0) is 13.8. The van der Waals surface area contributed by atoms with Gasteiger partial charge in [0.25, 0.3) is 0 Å². The molecule has 2 aromatic carbocycles. The largest absolute Gasteiger partial charge is 0.487 e. The van der Waals surface area contributed by atoms with Crippen LogP contribution in [0.2, 0.25) is 0 Å². The van der Waals surface area contributed by atoms with E-state index in [1.807, 2.05) is 32.0 Å². The van der Waals surface area contributed by atoms with E-state index in [0.717, 1.165) is 16.7 Å². The van der Waals surface area contributed by atoms with Crippen LogP contribution in [0.1, 0.15) is 22.3 Å². The highest BCUT2D eigenvalue weighted by atomic mass is 19.1. The fourth-order valence-corrected chi connectivity index (χ4v) is 2.05. The summed E-state index contributed by atoms with van der Waals surface area (Å²) in [6.45, 7) is 4.35. The van der Waals surface area contributed by atoms with Gasteiger partial charge in [-0.1, -0.05) is 35.4 Å². The minimum atomic E-state index is -0.555. The Morgan fingerprint density at radius 3 is 2.47 bits per heavy atom. The van der Waals surface area contributed by atoms with Crippen LogP contribution in [0, 0.1) is 31.0 Å². The van der Waals surface area contributed by atoms with Gasteiger partial charge in [0.1, 0.15) is 29.8 Å². The van der Waals surface area contributed by atoms with Crippen LogP contribution in [0.4, 0.5) is 4.39 Å². The highest BCUT2D eigenvalue weighted by molar-refractivity contribution is 5.44. The van der Waals surface area contributed by atoms with Crippen LogP contribution in [0.25, 0.3) is 0 Å². The van der Waals surface area contributed by atoms with Crippen molar-refractivity contribution in [2.24, 2.45) is 0 Å². The third-order valence-electron chi connectivity index (χ3n) is 2.76. The number of nitriles is 1. The van der Waals surface area contributed by atoms with Gasteiger partial charge in [-0.25, -0.2) is 4.39 Å². The summed E-state index contributed by atoms with van der Waals surface area (Å²) in [6, 6.07) is 12.3. The highest BCUT2D eigenvalue weighted by Gasteiger charge is 2.09. The van der Waals surface area contributed by atoms with E-state index in [-0.39, 0.29) is 11.3 Å². The van der Waals surface area contributed by atoms with Crippen LogP contribution in [0.5, 0.6) is 5.75 Å². The Bertz CT molecular complexity index is 623. The van der Waals surface area contributed by atoms with Gasteiger partial charge < -0.3 is 4.74 Å². The van der Waals surface area contributed by atoms with Gasteiger partial charge in [-0.2, -0.15) is 5.26 Å². The molecule has 2 rings (SSSR count). The van der Waals surface area contributed by atoms with E-state index in [1.165, 1.54) is 12.1 Å². The second-order valence-corrected chi connectivity index (χ2v) is 4.51. The molecule has 0 aliphatic carbocycles. The summed E-state index contributed by atoms with van der Waals surface area (Å²) in [5.74, 6) is -0.276. The molecule has 0 heterocycles. The van der Waals surface area contributed by atoms with E-state index < -0.39 is 5.82 Å². The number of aryl methyl sites for hydroxylation is 2. The van der Waals surface area contributed by atoms with Crippen molar-refractivity contribution in [2.75, 3.05) is 0 Å². The normalized spacial score (nSPS) is 10.0. The molecule has 0 atom stereocenters. The molecular weight excluding hydrogens is 241 g/mol.